The average molecular weight is 727 g/mol. The Morgan fingerprint density at radius 2 is 1.86 bits per heavy atom. The molecule has 11 N–H and O–H groups in total. The number of amides is 2. The molecule has 1 aliphatic heterocycles. The van der Waals surface area contributed by atoms with Crippen molar-refractivity contribution < 1.29 is 42.3 Å². The summed E-state index contributed by atoms with van der Waals surface area (Å²) in [5.74, 6) is -2.40. The second-order valence-electron chi connectivity index (χ2n) is 11.0. The zero-order chi connectivity index (χ0) is 37.3. The van der Waals surface area contributed by atoms with E-state index >= 15 is 0 Å². The first kappa shape index (κ1) is 37.2. The van der Waals surface area contributed by atoms with Gasteiger partial charge >= 0.3 is 11.9 Å². The molecule has 2 aromatic heterocycles. The molecule has 51 heavy (non-hydrogen) atoms. The SMILES string of the molecule is Cc1cc(NS(=O)(=O)c2ccc(N)cc2)no1.Nc1nc2c(c(=O)[nH]1)N(C=O)C(CNc1cccc(C(=O)NC(CCC(=O)O)C(=O)O)c1)CN2. The van der Waals surface area contributed by atoms with Crippen molar-refractivity contribution in [1.82, 2.24) is 20.4 Å². The lowest BCUT2D eigenvalue weighted by atomic mass is 10.1. The van der Waals surface area contributed by atoms with Crippen LogP contribution in [0.25, 0.3) is 0 Å². The molecule has 2 amide bonds. The highest BCUT2D eigenvalue weighted by Gasteiger charge is 2.30. The van der Waals surface area contributed by atoms with Crippen LogP contribution in [-0.4, -0.2) is 83.2 Å². The molecule has 1 aliphatic rings. The first-order valence-corrected chi connectivity index (χ1v) is 16.4. The number of nitrogens with zero attached hydrogens (tertiary/aromatic N) is 3. The van der Waals surface area contributed by atoms with Crippen molar-refractivity contribution in [2.24, 2.45) is 0 Å². The van der Waals surface area contributed by atoms with E-state index in [9.17, 15) is 37.5 Å². The fourth-order valence-corrected chi connectivity index (χ4v) is 5.67. The lowest BCUT2D eigenvalue weighted by molar-refractivity contribution is -0.140. The number of nitrogens with one attached hydrogen (secondary N) is 5. The molecule has 21 heteroatoms. The summed E-state index contributed by atoms with van der Waals surface area (Å²) in [5, 5.41) is 29.9. The van der Waals surface area contributed by atoms with Gasteiger partial charge in [0.15, 0.2) is 17.3 Å². The highest BCUT2D eigenvalue weighted by Crippen LogP contribution is 2.25. The van der Waals surface area contributed by atoms with E-state index in [2.05, 4.69) is 35.8 Å². The number of carboxylic acids is 2. The molecule has 0 fully saturated rings. The molecule has 0 saturated carbocycles. The van der Waals surface area contributed by atoms with Gasteiger partial charge in [-0.2, -0.15) is 4.98 Å². The summed E-state index contributed by atoms with van der Waals surface area (Å²) in [4.78, 5) is 66.2. The van der Waals surface area contributed by atoms with Crippen molar-refractivity contribution in [2.75, 3.05) is 44.8 Å². The van der Waals surface area contributed by atoms with Gasteiger partial charge in [0.05, 0.1) is 10.9 Å². The van der Waals surface area contributed by atoms with Crippen molar-refractivity contribution >= 4 is 68.9 Å². The third-order valence-electron chi connectivity index (χ3n) is 7.16. The smallest absolute Gasteiger partial charge is 0.326 e. The number of sulfonamides is 1. The van der Waals surface area contributed by atoms with Gasteiger partial charge in [-0.15, -0.1) is 0 Å². The number of anilines is 6. The monoisotopic (exact) mass is 726 g/mol. The summed E-state index contributed by atoms with van der Waals surface area (Å²) in [5.41, 5.74) is 11.7. The molecule has 3 heterocycles. The van der Waals surface area contributed by atoms with Crippen LogP contribution in [0.1, 0.15) is 29.0 Å². The topological polar surface area (TPSA) is 318 Å². The van der Waals surface area contributed by atoms with Crippen molar-refractivity contribution in [3.8, 4) is 0 Å². The van der Waals surface area contributed by atoms with Gasteiger partial charge in [-0.05, 0) is 55.8 Å². The number of hydrogen-bond donors (Lipinski definition) is 9. The zero-order valence-corrected chi connectivity index (χ0v) is 27.6. The largest absolute Gasteiger partial charge is 0.481 e. The molecular weight excluding hydrogens is 692 g/mol. The first-order chi connectivity index (χ1) is 24.2. The average Bonchev–Trinajstić information content (AvgIpc) is 3.48. The summed E-state index contributed by atoms with van der Waals surface area (Å²) in [7, 11) is -3.64. The molecular formula is C30H34N10O10S. The van der Waals surface area contributed by atoms with Gasteiger partial charge in [0, 0.05) is 42.5 Å². The minimum Gasteiger partial charge on any atom is -0.481 e. The van der Waals surface area contributed by atoms with Crippen LogP contribution < -0.4 is 42.6 Å². The Hall–Kier alpha value is -6.64. The van der Waals surface area contributed by atoms with Crippen molar-refractivity contribution in [3.05, 3.63) is 76.3 Å². The standard InChI is InChI=1S/C20H23N7O7.C10H11N3O3S/c21-20-25-16-15(18(32)26-20)27(9-28)12(8-23-16)7-22-11-3-1-2-10(6-11)17(31)24-13(19(33)34)4-5-14(29)30;1-7-6-10(12-16-7)13-17(14,15)9-4-2-8(11)3-5-9/h1-3,6,9,12-13,22H,4-5,7-8H2,(H,24,31)(H,29,30)(H,33,34)(H4,21,23,25,26,32);2-6H,11H2,1H3,(H,12,13). The number of aryl methyl sites for hydroxylation is 1. The number of aromatic amines is 1. The number of nitrogen functional groups attached to an aromatic ring is 2. The van der Waals surface area contributed by atoms with Crippen LogP contribution in [0.4, 0.5) is 34.6 Å². The van der Waals surface area contributed by atoms with E-state index in [0.717, 1.165) is 0 Å². The number of rotatable bonds is 13. The minimum absolute atomic E-state index is 0.0384. The number of fused-ring (bicyclic) bond motifs is 1. The Bertz CT molecular complexity index is 2070. The Kier molecular flexibility index (Phi) is 11.8. The van der Waals surface area contributed by atoms with Gasteiger partial charge in [0.25, 0.3) is 21.5 Å². The van der Waals surface area contributed by atoms with E-state index in [4.69, 9.17) is 21.1 Å². The molecule has 2 unspecified atom stereocenters. The molecule has 5 rings (SSSR count). The lowest BCUT2D eigenvalue weighted by Crippen LogP contribution is -2.50. The number of aromatic nitrogens is 3. The van der Waals surface area contributed by atoms with E-state index in [1.54, 1.807) is 19.1 Å². The number of aliphatic carboxylic acids is 2. The molecule has 4 aromatic rings. The summed E-state index contributed by atoms with van der Waals surface area (Å²) < 4.78 is 30.8. The maximum Gasteiger partial charge on any atom is 0.326 e. The molecule has 0 saturated heterocycles. The molecule has 20 nitrogen and oxygen atoms in total. The van der Waals surface area contributed by atoms with Crippen LogP contribution in [0, 0.1) is 6.92 Å². The zero-order valence-electron chi connectivity index (χ0n) is 26.8. The Morgan fingerprint density at radius 1 is 1.14 bits per heavy atom. The fourth-order valence-electron chi connectivity index (χ4n) is 4.68. The van der Waals surface area contributed by atoms with Gasteiger partial charge in [0.1, 0.15) is 11.8 Å². The van der Waals surface area contributed by atoms with Crippen LogP contribution in [0.5, 0.6) is 0 Å². The van der Waals surface area contributed by atoms with Crippen molar-refractivity contribution in [3.63, 3.8) is 0 Å². The highest BCUT2D eigenvalue weighted by molar-refractivity contribution is 7.92. The minimum atomic E-state index is -3.64. The molecule has 0 aliphatic carbocycles. The quantitative estimate of drug-likeness (QED) is 0.0674. The third kappa shape index (κ3) is 9.95. The van der Waals surface area contributed by atoms with Crippen LogP contribution in [0.3, 0.4) is 0 Å². The Labute approximate surface area is 289 Å². The molecule has 0 bridgehead atoms. The lowest BCUT2D eigenvalue weighted by Gasteiger charge is -2.34. The molecule has 0 spiro atoms. The summed E-state index contributed by atoms with van der Waals surface area (Å²) in [6, 6.07) is 11.7. The van der Waals surface area contributed by atoms with E-state index in [0.29, 0.717) is 23.5 Å². The van der Waals surface area contributed by atoms with Gasteiger partial charge in [-0.3, -0.25) is 28.9 Å². The maximum atomic E-state index is 12.5. The van der Waals surface area contributed by atoms with E-state index in [1.165, 1.54) is 47.4 Å². The molecule has 270 valence electrons. The Morgan fingerprint density at radius 3 is 2.49 bits per heavy atom. The molecule has 0 radical (unpaired) electrons. The van der Waals surface area contributed by atoms with Gasteiger partial charge in [-0.1, -0.05) is 11.2 Å². The predicted molar refractivity (Wildman–Crippen MR) is 184 cm³/mol. The van der Waals surface area contributed by atoms with Gasteiger partial charge in [0.2, 0.25) is 12.4 Å². The van der Waals surface area contributed by atoms with Gasteiger partial charge < -0.3 is 47.1 Å². The van der Waals surface area contributed by atoms with E-state index in [-0.39, 0.29) is 53.2 Å². The maximum absolute atomic E-state index is 12.5. The summed E-state index contributed by atoms with van der Waals surface area (Å²) >= 11 is 0. The second-order valence-corrected chi connectivity index (χ2v) is 12.6. The first-order valence-electron chi connectivity index (χ1n) is 14.9. The number of carbonyl (C=O) groups excluding carboxylic acids is 2. The summed E-state index contributed by atoms with van der Waals surface area (Å²) in [6.07, 6.45) is -0.145. The number of carboxylic acid groups (broad SMARTS) is 2. The fraction of sp³-hybridized carbons (Fsp3) is 0.233. The normalized spacial score (nSPS) is 14.1. The number of benzene rings is 2. The predicted octanol–water partition coefficient (Wildman–Crippen LogP) is 0.635. The number of nitrogens with two attached hydrogens (primary N) is 2. The third-order valence-corrected chi connectivity index (χ3v) is 8.53. The van der Waals surface area contributed by atoms with E-state index < -0.39 is 51.9 Å². The van der Waals surface area contributed by atoms with Crippen LogP contribution >= 0.6 is 0 Å². The summed E-state index contributed by atoms with van der Waals surface area (Å²) in [6.45, 7) is 2.16. The number of carbonyl (C=O) groups is 4. The molecule has 2 atom stereocenters. The van der Waals surface area contributed by atoms with E-state index in [1.807, 2.05) is 0 Å². The van der Waals surface area contributed by atoms with Crippen LogP contribution in [-0.2, 0) is 24.4 Å². The Balaban J connectivity index is 0.000000286. The van der Waals surface area contributed by atoms with Crippen molar-refractivity contribution in [2.45, 2.75) is 36.7 Å². The van der Waals surface area contributed by atoms with Crippen molar-refractivity contribution in [1.29, 1.82) is 0 Å². The second kappa shape index (κ2) is 16.2. The van der Waals surface area contributed by atoms with Crippen LogP contribution in [0.2, 0.25) is 0 Å². The highest BCUT2D eigenvalue weighted by atomic mass is 32.2. The number of hydrogen-bond acceptors (Lipinski definition) is 14. The van der Waals surface area contributed by atoms with Gasteiger partial charge in [-0.25, -0.2) is 13.2 Å². The number of H-pyrrole nitrogens is 1. The van der Waals surface area contributed by atoms with Crippen LogP contribution in [0.15, 0.2) is 68.8 Å². The molecule has 2 aromatic carbocycles.